The molecule has 60 heavy (non-hydrogen) atoms. The fourth-order valence-corrected chi connectivity index (χ4v) is 8.03. The van der Waals surface area contributed by atoms with E-state index in [1.165, 1.54) is 72.3 Å². The predicted octanol–water partition coefficient (Wildman–Crippen LogP) is 16.2. The average molecular weight is 775 g/mol. The molecule has 0 spiro atoms. The van der Waals surface area contributed by atoms with Crippen molar-refractivity contribution in [2.75, 3.05) is 0 Å². The van der Waals surface area contributed by atoms with Crippen molar-refractivity contribution in [1.82, 2.24) is 4.58 Å². The van der Waals surface area contributed by atoms with Crippen LogP contribution in [0.15, 0.2) is 212 Å². The molecule has 0 aromatic heterocycles. The molecule has 0 amide bonds. The molecule has 0 unspecified atom stereocenters. The van der Waals surface area contributed by atoms with E-state index in [0.717, 1.165) is 35.4 Å². The fraction of sp³-hybridized carbons (Fsp3) is 0.102. The molecule has 8 aromatic rings. The zero-order valence-corrected chi connectivity index (χ0v) is 35.1. The third-order valence-electron chi connectivity index (χ3n) is 11.3. The molecule has 292 valence electrons. The first-order chi connectivity index (χ1) is 29.5. The number of hydrogen-bond acceptors (Lipinski definition) is 0. The van der Waals surface area contributed by atoms with Crippen molar-refractivity contribution in [2.45, 2.75) is 40.5 Å². The molecule has 0 aliphatic carbocycles. The molecular formula is C59H52N+. The fourth-order valence-electron chi connectivity index (χ4n) is 8.03. The first-order valence-corrected chi connectivity index (χ1v) is 21.2. The Morgan fingerprint density at radius 1 is 0.467 bits per heavy atom. The van der Waals surface area contributed by atoms with Crippen LogP contribution in [0.1, 0.15) is 42.5 Å². The SMILES string of the molecule is C/C=C\C(=C/C=[N+](c1ccc(-c2ccc(C)cc2)cc1)c1ccc(-c2ccc(C)c(-c3ccccc3CCC)c2)cc1)c1cc(-c2ccccc2)cc(-c2ccccc2)c1. The third kappa shape index (κ3) is 9.12. The Labute approximate surface area is 357 Å². The molecule has 0 N–H and O–H groups in total. The summed E-state index contributed by atoms with van der Waals surface area (Å²) in [4.78, 5) is 0. The molecular weight excluding hydrogens is 723 g/mol. The molecule has 1 nitrogen and oxygen atoms in total. The van der Waals surface area contributed by atoms with Crippen LogP contribution in [-0.2, 0) is 6.42 Å². The molecule has 0 bridgehead atoms. The number of aryl methyl sites for hydroxylation is 3. The largest absolute Gasteiger partial charge is 0.211 e. The van der Waals surface area contributed by atoms with Crippen molar-refractivity contribution >= 4 is 23.2 Å². The van der Waals surface area contributed by atoms with E-state index in [1.807, 2.05) is 0 Å². The maximum absolute atomic E-state index is 2.37. The number of benzene rings is 8. The normalized spacial score (nSPS) is 11.9. The van der Waals surface area contributed by atoms with Gasteiger partial charge in [0.2, 0.25) is 11.4 Å². The first-order valence-electron chi connectivity index (χ1n) is 21.2. The summed E-state index contributed by atoms with van der Waals surface area (Å²) in [6, 6.07) is 70.7. The number of nitrogens with zero attached hydrogens (tertiary/aromatic N) is 1. The molecule has 0 saturated carbocycles. The molecule has 0 aliphatic heterocycles. The quantitative estimate of drug-likeness (QED) is 0.0661. The minimum Gasteiger partial charge on any atom is -0.161 e. The predicted molar refractivity (Wildman–Crippen MR) is 260 cm³/mol. The summed E-state index contributed by atoms with van der Waals surface area (Å²) in [6.45, 7) is 8.69. The summed E-state index contributed by atoms with van der Waals surface area (Å²) in [5.41, 5.74) is 20.6. The molecule has 0 atom stereocenters. The second-order valence-corrected chi connectivity index (χ2v) is 15.6. The van der Waals surface area contributed by atoms with E-state index in [4.69, 9.17) is 0 Å². The van der Waals surface area contributed by atoms with E-state index in [9.17, 15) is 0 Å². The van der Waals surface area contributed by atoms with Crippen LogP contribution in [0, 0.1) is 13.8 Å². The topological polar surface area (TPSA) is 3.01 Å². The van der Waals surface area contributed by atoms with Crippen LogP contribution in [0.5, 0.6) is 0 Å². The van der Waals surface area contributed by atoms with Crippen LogP contribution >= 0.6 is 0 Å². The summed E-state index contributed by atoms with van der Waals surface area (Å²) < 4.78 is 2.30. The minimum absolute atomic E-state index is 1.07. The highest BCUT2D eigenvalue weighted by Gasteiger charge is 2.16. The van der Waals surface area contributed by atoms with Gasteiger partial charge in [-0.25, -0.2) is 0 Å². The van der Waals surface area contributed by atoms with Crippen molar-refractivity contribution in [3.05, 3.63) is 235 Å². The number of allylic oxidation sites excluding steroid dienone is 4. The van der Waals surface area contributed by atoms with Gasteiger partial charge in [0.15, 0.2) is 6.21 Å². The van der Waals surface area contributed by atoms with Crippen LogP contribution in [0.3, 0.4) is 0 Å². The lowest BCUT2D eigenvalue weighted by Gasteiger charge is -2.14. The standard InChI is InChI=1S/C59H52N/c1-5-15-45(53-39-54(46-17-9-7-10-18-46)41-55(40-53)47-19-11-8-12-20-47)37-38-60(56-33-29-49(30-34-56)48-26-23-43(3)24-27-48)57-35-31-50(32-36-57)52-28-25-44(4)59(42-52)58-22-14-13-21-51(58)16-6-2/h5,7-15,17-42H,6,16H2,1-4H3/q+1/b15-5-,45-37+,60-38?. The van der Waals surface area contributed by atoms with Gasteiger partial charge < -0.3 is 0 Å². The Morgan fingerprint density at radius 3 is 1.53 bits per heavy atom. The highest BCUT2D eigenvalue weighted by molar-refractivity contribution is 5.93. The van der Waals surface area contributed by atoms with Gasteiger partial charge in [-0.3, -0.25) is 0 Å². The summed E-state index contributed by atoms with van der Waals surface area (Å²) in [6.07, 6.45) is 11.0. The third-order valence-corrected chi connectivity index (χ3v) is 11.3. The van der Waals surface area contributed by atoms with E-state index >= 15 is 0 Å². The zero-order chi connectivity index (χ0) is 41.3. The lowest BCUT2D eigenvalue weighted by molar-refractivity contribution is 0.923. The summed E-state index contributed by atoms with van der Waals surface area (Å²) in [5, 5.41) is 0. The minimum atomic E-state index is 1.07. The molecule has 8 rings (SSSR count). The summed E-state index contributed by atoms with van der Waals surface area (Å²) in [5.74, 6) is 0. The molecule has 0 heterocycles. The average Bonchev–Trinajstić information content (AvgIpc) is 3.30. The zero-order valence-electron chi connectivity index (χ0n) is 35.1. The van der Waals surface area contributed by atoms with E-state index < -0.39 is 0 Å². The Balaban J connectivity index is 1.22. The smallest absolute Gasteiger partial charge is 0.161 e. The van der Waals surface area contributed by atoms with Gasteiger partial charge in [0.25, 0.3) is 0 Å². The van der Waals surface area contributed by atoms with E-state index in [-0.39, 0.29) is 0 Å². The highest BCUT2D eigenvalue weighted by Crippen LogP contribution is 2.35. The Kier molecular flexibility index (Phi) is 12.4. The maximum atomic E-state index is 2.37. The van der Waals surface area contributed by atoms with E-state index in [1.54, 1.807) is 0 Å². The van der Waals surface area contributed by atoms with Gasteiger partial charge in [0.1, 0.15) is 0 Å². The molecule has 0 radical (unpaired) electrons. The molecule has 0 aliphatic rings. The monoisotopic (exact) mass is 774 g/mol. The van der Waals surface area contributed by atoms with Crippen LogP contribution in [0.4, 0.5) is 11.4 Å². The Bertz CT molecular complexity index is 2730. The molecule has 1 heteroatoms. The first kappa shape index (κ1) is 39.7. The van der Waals surface area contributed by atoms with Crippen molar-refractivity contribution in [3.8, 4) is 55.6 Å². The second-order valence-electron chi connectivity index (χ2n) is 15.6. The van der Waals surface area contributed by atoms with Gasteiger partial charge in [0, 0.05) is 30.3 Å². The van der Waals surface area contributed by atoms with Crippen LogP contribution < -0.4 is 4.58 Å². The van der Waals surface area contributed by atoms with Gasteiger partial charge in [-0.15, -0.1) is 0 Å². The van der Waals surface area contributed by atoms with Crippen LogP contribution in [0.2, 0.25) is 0 Å². The van der Waals surface area contributed by atoms with E-state index in [0.29, 0.717) is 0 Å². The van der Waals surface area contributed by atoms with Crippen LogP contribution in [0.25, 0.3) is 61.2 Å². The molecule has 8 aromatic carbocycles. The maximum Gasteiger partial charge on any atom is 0.211 e. The van der Waals surface area contributed by atoms with Gasteiger partial charge in [-0.05, 0) is 154 Å². The number of rotatable bonds is 12. The lowest BCUT2D eigenvalue weighted by Crippen LogP contribution is -2.05. The highest BCUT2D eigenvalue weighted by atomic mass is 15.0. The van der Waals surface area contributed by atoms with Gasteiger partial charge >= 0.3 is 0 Å². The van der Waals surface area contributed by atoms with E-state index in [2.05, 4.69) is 251 Å². The van der Waals surface area contributed by atoms with Crippen molar-refractivity contribution < 1.29 is 0 Å². The van der Waals surface area contributed by atoms with Crippen LogP contribution in [-0.4, -0.2) is 6.21 Å². The Morgan fingerprint density at radius 2 is 0.967 bits per heavy atom. The van der Waals surface area contributed by atoms with Gasteiger partial charge in [0.05, 0.1) is 0 Å². The summed E-state index contributed by atoms with van der Waals surface area (Å²) >= 11 is 0. The van der Waals surface area contributed by atoms with Gasteiger partial charge in [-0.1, -0.05) is 152 Å². The van der Waals surface area contributed by atoms with Gasteiger partial charge in [-0.2, -0.15) is 4.58 Å². The molecule has 0 fully saturated rings. The summed E-state index contributed by atoms with van der Waals surface area (Å²) in [7, 11) is 0. The molecule has 0 saturated heterocycles. The van der Waals surface area contributed by atoms with Crippen molar-refractivity contribution in [1.29, 1.82) is 0 Å². The lowest BCUT2D eigenvalue weighted by atomic mass is 9.91. The second kappa shape index (κ2) is 18.7. The van der Waals surface area contributed by atoms with Crippen molar-refractivity contribution in [3.63, 3.8) is 0 Å². The number of hydrogen-bond donors (Lipinski definition) is 0. The van der Waals surface area contributed by atoms with Crippen molar-refractivity contribution in [2.24, 2.45) is 0 Å². The Hall–Kier alpha value is -7.09.